The first-order chi connectivity index (χ1) is 7.37. The van der Waals surface area contributed by atoms with Gasteiger partial charge < -0.3 is 5.11 Å². The number of rotatable bonds is 5. The molecule has 0 rings (SSSR count). The summed E-state index contributed by atoms with van der Waals surface area (Å²) in [5.74, 6) is 3.22. The maximum absolute atomic E-state index is 9.84. The maximum Gasteiger partial charge on any atom is 0.129 e. The van der Waals surface area contributed by atoms with Crippen molar-refractivity contribution in [2.24, 2.45) is 5.92 Å². The number of unbranched alkanes of at least 4 members (excludes halogenated alkanes) is 2. The number of aliphatic hydroxyl groups is 1. The van der Waals surface area contributed by atoms with Gasteiger partial charge in [-0.3, -0.25) is 0 Å². The van der Waals surface area contributed by atoms with E-state index >= 15 is 0 Å². The highest BCUT2D eigenvalue weighted by Gasteiger charge is 2.11. The monoisotopic (exact) mass is 238 g/mol. The van der Waals surface area contributed by atoms with E-state index in [1.54, 1.807) is 0 Å². The predicted octanol–water partition coefficient (Wildman–Crippen LogP) is 3.61. The Morgan fingerprint density at radius 1 is 1.31 bits per heavy atom. The summed E-state index contributed by atoms with van der Waals surface area (Å²) in [7, 11) is -1.31. The topological polar surface area (TPSA) is 20.2 Å². The second-order valence-electron chi connectivity index (χ2n) is 5.37. The van der Waals surface area contributed by atoms with Crippen LogP contribution in [0.5, 0.6) is 0 Å². The van der Waals surface area contributed by atoms with E-state index in [1.165, 1.54) is 12.8 Å². The summed E-state index contributed by atoms with van der Waals surface area (Å²) in [6, 6.07) is 0. The molecule has 2 heteroatoms. The van der Waals surface area contributed by atoms with E-state index in [4.69, 9.17) is 0 Å². The van der Waals surface area contributed by atoms with E-state index in [9.17, 15) is 5.11 Å². The van der Waals surface area contributed by atoms with Crippen LogP contribution in [-0.4, -0.2) is 19.3 Å². The van der Waals surface area contributed by atoms with Crippen LogP contribution in [0.2, 0.25) is 19.6 Å². The van der Waals surface area contributed by atoms with Gasteiger partial charge in [0.25, 0.3) is 0 Å². The highest BCUT2D eigenvalue weighted by Crippen LogP contribution is 2.06. The van der Waals surface area contributed by atoms with Gasteiger partial charge >= 0.3 is 0 Å². The Hall–Kier alpha value is -0.523. The van der Waals surface area contributed by atoms with Crippen LogP contribution < -0.4 is 0 Å². The third-order valence-corrected chi connectivity index (χ3v) is 3.14. The Labute approximate surface area is 102 Å². The molecule has 0 aliphatic heterocycles. The number of aliphatic hydroxyl groups excluding tert-OH is 1. The van der Waals surface area contributed by atoms with Gasteiger partial charge in [0, 0.05) is 5.92 Å². The summed E-state index contributed by atoms with van der Waals surface area (Å²) >= 11 is 0. The van der Waals surface area contributed by atoms with Gasteiger partial charge in [0.15, 0.2) is 0 Å². The quantitative estimate of drug-likeness (QED) is 0.336. The van der Waals surface area contributed by atoms with E-state index in [-0.39, 0.29) is 5.92 Å². The Bertz CT molecular complexity index is 265. The van der Waals surface area contributed by atoms with Crippen LogP contribution >= 0.6 is 0 Å². The molecule has 92 valence electrons. The van der Waals surface area contributed by atoms with Gasteiger partial charge in [0.2, 0.25) is 0 Å². The normalized spacial score (nSPS) is 15.6. The molecule has 0 aliphatic carbocycles. The van der Waals surface area contributed by atoms with E-state index in [2.05, 4.69) is 44.1 Å². The molecule has 0 fully saturated rings. The average molecular weight is 238 g/mol. The van der Waals surface area contributed by atoms with E-state index in [1.807, 2.05) is 13.0 Å². The van der Waals surface area contributed by atoms with E-state index < -0.39 is 14.2 Å². The minimum Gasteiger partial charge on any atom is -0.388 e. The minimum absolute atomic E-state index is 0.0459. The summed E-state index contributed by atoms with van der Waals surface area (Å²) in [4.78, 5) is 0. The summed E-state index contributed by atoms with van der Waals surface area (Å²) in [6.45, 7) is 10.8. The average Bonchev–Trinajstić information content (AvgIpc) is 2.19. The highest BCUT2D eigenvalue weighted by atomic mass is 28.3. The molecule has 0 bridgehead atoms. The molecule has 0 saturated heterocycles. The molecule has 0 radical (unpaired) electrons. The van der Waals surface area contributed by atoms with Crippen LogP contribution in [0.1, 0.15) is 33.1 Å². The lowest BCUT2D eigenvalue weighted by Crippen LogP contribution is -2.19. The van der Waals surface area contributed by atoms with Gasteiger partial charge in [-0.15, -0.1) is 11.5 Å². The molecule has 1 N–H and O–H groups in total. The molecule has 0 saturated carbocycles. The predicted molar refractivity (Wildman–Crippen MR) is 75.0 cm³/mol. The number of hydrogen-bond donors (Lipinski definition) is 1. The van der Waals surface area contributed by atoms with Crippen LogP contribution in [0.25, 0.3) is 0 Å². The Morgan fingerprint density at radius 2 is 1.94 bits per heavy atom. The molecule has 0 heterocycles. The minimum atomic E-state index is -1.31. The molecule has 0 aromatic heterocycles. The van der Waals surface area contributed by atoms with Crippen molar-refractivity contribution in [2.75, 3.05) is 0 Å². The molecule has 0 amide bonds. The number of allylic oxidation sites excluding steroid dienone is 1. The maximum atomic E-state index is 9.84. The molecule has 0 aliphatic rings. The third-order valence-electron chi connectivity index (χ3n) is 2.24. The van der Waals surface area contributed by atoms with Crippen LogP contribution in [0.4, 0.5) is 0 Å². The smallest absolute Gasteiger partial charge is 0.129 e. The van der Waals surface area contributed by atoms with Crippen LogP contribution in [-0.2, 0) is 0 Å². The Balaban J connectivity index is 4.12. The molecule has 1 nitrogen and oxygen atoms in total. The fourth-order valence-corrected chi connectivity index (χ4v) is 1.80. The summed E-state index contributed by atoms with van der Waals surface area (Å²) < 4.78 is 0. The van der Waals surface area contributed by atoms with Crippen LogP contribution in [0.15, 0.2) is 12.2 Å². The van der Waals surface area contributed by atoms with Gasteiger partial charge in [-0.05, 0) is 13.3 Å². The van der Waals surface area contributed by atoms with E-state index in [0.29, 0.717) is 0 Å². The molecule has 2 atom stereocenters. The van der Waals surface area contributed by atoms with E-state index in [0.717, 1.165) is 6.42 Å². The van der Waals surface area contributed by atoms with Gasteiger partial charge in [-0.1, -0.05) is 51.6 Å². The largest absolute Gasteiger partial charge is 0.388 e. The third kappa shape index (κ3) is 8.76. The van der Waals surface area contributed by atoms with Gasteiger partial charge in [0.05, 0.1) is 6.10 Å². The molecule has 0 spiro atoms. The van der Waals surface area contributed by atoms with Crippen LogP contribution in [0.3, 0.4) is 0 Å². The van der Waals surface area contributed by atoms with Crippen molar-refractivity contribution in [3.63, 3.8) is 0 Å². The Morgan fingerprint density at radius 3 is 2.44 bits per heavy atom. The zero-order valence-electron chi connectivity index (χ0n) is 11.4. The summed E-state index contributed by atoms with van der Waals surface area (Å²) in [6.07, 6.45) is 6.99. The second kappa shape index (κ2) is 7.70. The zero-order chi connectivity index (χ0) is 12.6. The molecule has 16 heavy (non-hydrogen) atoms. The van der Waals surface area contributed by atoms with Crippen molar-refractivity contribution in [1.82, 2.24) is 0 Å². The lowest BCUT2D eigenvalue weighted by atomic mass is 10.1. The van der Waals surface area contributed by atoms with Gasteiger partial charge in [-0.2, -0.15) is 0 Å². The second-order valence-corrected chi connectivity index (χ2v) is 10.1. The van der Waals surface area contributed by atoms with Crippen molar-refractivity contribution < 1.29 is 5.11 Å². The fourth-order valence-electron chi connectivity index (χ4n) is 1.14. The molecule has 0 unspecified atom stereocenters. The molecule has 0 aromatic carbocycles. The molecule has 0 aromatic rings. The zero-order valence-corrected chi connectivity index (χ0v) is 12.4. The molecular formula is C14H26OSi. The lowest BCUT2D eigenvalue weighted by molar-refractivity contribution is 0.189. The van der Waals surface area contributed by atoms with Crippen LogP contribution in [0, 0.1) is 17.4 Å². The SMILES string of the molecule is CCCC/C=C/[C@H](O)[C@H](C)C#C[Si](C)(C)C. The number of hydrogen-bond acceptors (Lipinski definition) is 1. The van der Waals surface area contributed by atoms with Crippen molar-refractivity contribution in [1.29, 1.82) is 0 Å². The van der Waals surface area contributed by atoms with Gasteiger partial charge in [-0.25, -0.2) is 0 Å². The van der Waals surface area contributed by atoms with Crippen molar-refractivity contribution in [3.8, 4) is 11.5 Å². The summed E-state index contributed by atoms with van der Waals surface area (Å²) in [5.41, 5.74) is 3.30. The first-order valence-corrected chi connectivity index (χ1v) is 9.74. The first kappa shape index (κ1) is 15.5. The van der Waals surface area contributed by atoms with Gasteiger partial charge in [0.1, 0.15) is 8.07 Å². The fraction of sp³-hybridized carbons (Fsp3) is 0.714. The van der Waals surface area contributed by atoms with Crippen molar-refractivity contribution in [2.45, 2.75) is 58.9 Å². The standard InChI is InChI=1S/C14H26OSi/c1-6-7-8-9-10-14(15)13(2)11-12-16(3,4)5/h9-10,13-15H,6-8H2,1-5H3/b10-9+/t13-,14+/m1/s1. The summed E-state index contributed by atoms with van der Waals surface area (Å²) in [5, 5.41) is 9.84. The first-order valence-electron chi connectivity index (χ1n) is 6.24. The highest BCUT2D eigenvalue weighted by molar-refractivity contribution is 6.83. The van der Waals surface area contributed by atoms with Crippen molar-refractivity contribution in [3.05, 3.63) is 12.2 Å². The molecular weight excluding hydrogens is 212 g/mol. The Kier molecular flexibility index (Phi) is 7.45. The van der Waals surface area contributed by atoms with Crippen molar-refractivity contribution >= 4 is 8.07 Å². The lowest BCUT2D eigenvalue weighted by Gasteiger charge is -2.10.